The summed E-state index contributed by atoms with van der Waals surface area (Å²) in [4.78, 5) is 24.8. The van der Waals surface area contributed by atoms with E-state index >= 15 is 0 Å². The number of hydrogen-bond donors (Lipinski definition) is 2. The van der Waals surface area contributed by atoms with E-state index in [4.69, 9.17) is 4.74 Å². The number of allylic oxidation sites excluding steroid dienone is 1. The second-order valence-corrected chi connectivity index (χ2v) is 6.67. The van der Waals surface area contributed by atoms with Crippen LogP contribution in [-0.2, 0) is 22.3 Å². The molecule has 0 saturated carbocycles. The van der Waals surface area contributed by atoms with E-state index in [0.29, 0.717) is 5.56 Å². The Bertz CT molecular complexity index is 995. The molecule has 2 N–H and O–H groups in total. The molecule has 1 aromatic heterocycles. The maximum atomic E-state index is 12.8. The van der Waals surface area contributed by atoms with Crippen molar-refractivity contribution in [2.75, 3.05) is 7.11 Å². The Balaban J connectivity index is 2.08. The summed E-state index contributed by atoms with van der Waals surface area (Å²) in [6.07, 6.45) is -3.46. The molecule has 0 spiro atoms. The second-order valence-electron chi connectivity index (χ2n) is 6.67. The lowest BCUT2D eigenvalue weighted by Crippen LogP contribution is -2.47. The number of alkyl halides is 3. The first-order chi connectivity index (χ1) is 13.6. The van der Waals surface area contributed by atoms with Crippen molar-refractivity contribution >= 4 is 12.0 Å². The summed E-state index contributed by atoms with van der Waals surface area (Å²) in [6, 6.07) is 5.01. The van der Waals surface area contributed by atoms with Gasteiger partial charge in [0.2, 0.25) is 0 Å². The summed E-state index contributed by atoms with van der Waals surface area (Å²) in [5.41, 5.74) is 1.60. The largest absolute Gasteiger partial charge is 0.466 e. The Morgan fingerprint density at radius 3 is 2.62 bits per heavy atom. The topological polar surface area (TPSA) is 85.2 Å². The van der Waals surface area contributed by atoms with Crippen molar-refractivity contribution in [3.05, 3.63) is 64.1 Å². The number of amides is 2. The zero-order valence-corrected chi connectivity index (χ0v) is 15.9. The van der Waals surface area contributed by atoms with Crippen LogP contribution in [-0.4, -0.2) is 28.9 Å². The van der Waals surface area contributed by atoms with E-state index in [1.54, 1.807) is 0 Å². The lowest BCUT2D eigenvalue weighted by molar-refractivity contribution is -0.141. The number of carbonyl (C=O) groups excluding carboxylic acids is 2. The van der Waals surface area contributed by atoms with Gasteiger partial charge in [-0.3, -0.25) is 4.68 Å². The highest BCUT2D eigenvalue weighted by Gasteiger charge is 2.36. The van der Waals surface area contributed by atoms with Gasteiger partial charge in [0, 0.05) is 6.20 Å². The van der Waals surface area contributed by atoms with Crippen molar-refractivity contribution in [3.63, 3.8) is 0 Å². The van der Waals surface area contributed by atoms with Gasteiger partial charge in [-0.05, 0) is 31.0 Å². The van der Waals surface area contributed by atoms with Gasteiger partial charge >= 0.3 is 18.2 Å². The number of ether oxygens (including phenoxy) is 1. The predicted octanol–water partition coefficient (Wildman–Crippen LogP) is 3.00. The predicted molar refractivity (Wildman–Crippen MR) is 96.6 cm³/mol. The second kappa shape index (κ2) is 7.61. The third kappa shape index (κ3) is 4.25. The van der Waals surface area contributed by atoms with Crippen LogP contribution >= 0.6 is 0 Å². The van der Waals surface area contributed by atoms with Crippen molar-refractivity contribution in [1.82, 2.24) is 20.4 Å². The lowest BCUT2D eigenvalue weighted by atomic mass is 9.91. The number of aryl methyl sites for hydroxylation is 2. The number of nitrogens with zero attached hydrogens (tertiary/aromatic N) is 2. The molecule has 7 nitrogen and oxygen atoms in total. The number of nitrogens with one attached hydrogen (secondary N) is 2. The van der Waals surface area contributed by atoms with Crippen LogP contribution < -0.4 is 10.6 Å². The molecule has 0 aliphatic carbocycles. The van der Waals surface area contributed by atoms with Crippen molar-refractivity contribution in [3.8, 4) is 0 Å². The Labute approximate surface area is 164 Å². The van der Waals surface area contributed by atoms with E-state index in [2.05, 4.69) is 15.7 Å². The summed E-state index contributed by atoms with van der Waals surface area (Å²) in [5, 5.41) is 8.67. The summed E-state index contributed by atoms with van der Waals surface area (Å²) in [5.74, 6) is -0.707. The van der Waals surface area contributed by atoms with Gasteiger partial charge in [-0.1, -0.05) is 23.8 Å². The molecule has 0 bridgehead atoms. The molecule has 0 radical (unpaired) electrons. The number of urea groups is 1. The van der Waals surface area contributed by atoms with Gasteiger partial charge in [0.1, 0.15) is 0 Å². The SMILES string of the molecule is COC(=O)C1=C(Cn2ccc(C(F)(F)F)n2)NC(=O)NC1c1cc(C)ccc1C. The number of rotatable bonds is 4. The molecule has 3 rings (SSSR count). The molecule has 2 heterocycles. The third-order valence-corrected chi connectivity index (χ3v) is 4.56. The van der Waals surface area contributed by atoms with Crippen LogP contribution in [0.2, 0.25) is 0 Å². The van der Waals surface area contributed by atoms with Gasteiger partial charge in [0.05, 0.1) is 31.0 Å². The highest BCUT2D eigenvalue weighted by molar-refractivity contribution is 5.95. The fraction of sp³-hybridized carbons (Fsp3) is 0.316. The number of halogens is 3. The van der Waals surface area contributed by atoms with E-state index in [-0.39, 0.29) is 17.8 Å². The maximum Gasteiger partial charge on any atom is 0.435 e. The number of benzene rings is 1. The highest BCUT2D eigenvalue weighted by atomic mass is 19.4. The number of hydrogen-bond acceptors (Lipinski definition) is 4. The van der Waals surface area contributed by atoms with Crippen LogP contribution in [0.15, 0.2) is 41.7 Å². The Morgan fingerprint density at radius 1 is 1.28 bits per heavy atom. The quantitative estimate of drug-likeness (QED) is 0.762. The highest BCUT2D eigenvalue weighted by Crippen LogP contribution is 2.31. The minimum absolute atomic E-state index is 0.102. The Morgan fingerprint density at radius 2 is 2.00 bits per heavy atom. The van der Waals surface area contributed by atoms with Crippen molar-refractivity contribution < 1.29 is 27.5 Å². The lowest BCUT2D eigenvalue weighted by Gasteiger charge is -2.30. The molecule has 29 heavy (non-hydrogen) atoms. The first kappa shape index (κ1) is 20.4. The molecule has 1 aromatic carbocycles. The van der Waals surface area contributed by atoms with Crippen molar-refractivity contribution in [1.29, 1.82) is 0 Å². The number of carbonyl (C=O) groups is 2. The molecule has 1 unspecified atom stereocenters. The fourth-order valence-corrected chi connectivity index (χ4v) is 3.16. The van der Waals surface area contributed by atoms with Crippen LogP contribution in [0.3, 0.4) is 0 Å². The van der Waals surface area contributed by atoms with E-state index in [1.165, 1.54) is 7.11 Å². The van der Waals surface area contributed by atoms with Crippen LogP contribution in [0.5, 0.6) is 0 Å². The van der Waals surface area contributed by atoms with Gasteiger partial charge in [-0.25, -0.2) is 9.59 Å². The molecule has 1 aliphatic rings. The minimum Gasteiger partial charge on any atom is -0.466 e. The van der Waals surface area contributed by atoms with Crippen LogP contribution in [0.4, 0.5) is 18.0 Å². The summed E-state index contributed by atoms with van der Waals surface area (Å²) < 4.78 is 44.4. The van der Waals surface area contributed by atoms with Crippen molar-refractivity contribution in [2.24, 2.45) is 0 Å². The smallest absolute Gasteiger partial charge is 0.435 e. The molecule has 1 aliphatic heterocycles. The normalized spacial score (nSPS) is 17.0. The van der Waals surface area contributed by atoms with E-state index in [1.807, 2.05) is 32.0 Å². The number of aromatic nitrogens is 2. The Kier molecular flexibility index (Phi) is 5.36. The standard InChI is InChI=1S/C19H19F3N4O3/c1-10-4-5-11(2)12(8-10)16-15(17(27)29-3)13(23-18(28)24-16)9-26-7-6-14(25-26)19(20,21)22/h4-8,16H,9H2,1-3H3,(H2,23,24,28). The minimum atomic E-state index is -4.59. The summed E-state index contributed by atoms with van der Waals surface area (Å²) in [7, 11) is 1.19. The fourth-order valence-electron chi connectivity index (χ4n) is 3.16. The summed E-state index contributed by atoms with van der Waals surface area (Å²) in [6.45, 7) is 3.46. The van der Waals surface area contributed by atoms with E-state index < -0.39 is 29.9 Å². The first-order valence-electron chi connectivity index (χ1n) is 8.67. The molecule has 0 fully saturated rings. The monoisotopic (exact) mass is 408 g/mol. The number of esters is 1. The van der Waals surface area contributed by atoms with Gasteiger partial charge in [0.15, 0.2) is 5.69 Å². The molecule has 1 atom stereocenters. The maximum absolute atomic E-state index is 12.8. The molecule has 0 saturated heterocycles. The molecule has 2 aromatic rings. The van der Waals surface area contributed by atoms with Crippen molar-refractivity contribution in [2.45, 2.75) is 32.6 Å². The Hall–Kier alpha value is -3.30. The van der Waals surface area contributed by atoms with E-state index in [9.17, 15) is 22.8 Å². The first-order valence-corrected chi connectivity index (χ1v) is 8.67. The average molecular weight is 408 g/mol. The zero-order chi connectivity index (χ0) is 21.3. The summed E-state index contributed by atoms with van der Waals surface area (Å²) >= 11 is 0. The van der Waals surface area contributed by atoms with Gasteiger partial charge in [0.25, 0.3) is 0 Å². The average Bonchev–Trinajstić information content (AvgIpc) is 3.11. The van der Waals surface area contributed by atoms with Gasteiger partial charge in [-0.2, -0.15) is 18.3 Å². The third-order valence-electron chi connectivity index (χ3n) is 4.56. The molecular weight excluding hydrogens is 389 g/mol. The molecule has 154 valence electrons. The van der Waals surface area contributed by atoms with Crippen LogP contribution in [0, 0.1) is 13.8 Å². The number of methoxy groups -OCH3 is 1. The zero-order valence-electron chi connectivity index (χ0n) is 15.9. The van der Waals surface area contributed by atoms with Crippen LogP contribution in [0.1, 0.15) is 28.4 Å². The molecular formula is C19H19F3N4O3. The van der Waals surface area contributed by atoms with E-state index in [0.717, 1.165) is 28.1 Å². The molecule has 10 heteroatoms. The molecule has 2 amide bonds. The van der Waals surface area contributed by atoms with Gasteiger partial charge < -0.3 is 15.4 Å². The van der Waals surface area contributed by atoms with Gasteiger partial charge in [-0.15, -0.1) is 0 Å². The van der Waals surface area contributed by atoms with Crippen LogP contribution in [0.25, 0.3) is 0 Å².